The predicted octanol–water partition coefficient (Wildman–Crippen LogP) is 6.07. The Morgan fingerprint density at radius 2 is 1.27 bits per heavy atom. The molecule has 0 nitrogen and oxygen atoms in total. The Morgan fingerprint density at radius 1 is 0.682 bits per heavy atom. The molecule has 0 heteroatoms. The van der Waals surface area contributed by atoms with Crippen LogP contribution in [0.4, 0.5) is 0 Å². The number of rotatable bonds is 4. The summed E-state index contributed by atoms with van der Waals surface area (Å²) in [7, 11) is 0. The fourth-order valence-corrected chi connectivity index (χ4v) is 3.13. The van der Waals surface area contributed by atoms with E-state index < -0.39 is 0 Å². The van der Waals surface area contributed by atoms with Crippen molar-refractivity contribution in [2.75, 3.05) is 0 Å². The molecule has 0 saturated heterocycles. The molecule has 3 rings (SSSR count). The average molecular weight is 286 g/mol. The SMILES string of the molecule is CCc1ccccc1-c1ccccc1C(C)c1ccccc1. The molecule has 0 saturated carbocycles. The van der Waals surface area contributed by atoms with E-state index in [0.29, 0.717) is 5.92 Å². The molecule has 110 valence electrons. The minimum atomic E-state index is 0.391. The minimum absolute atomic E-state index is 0.391. The molecular formula is C22H22. The molecule has 1 atom stereocenters. The summed E-state index contributed by atoms with van der Waals surface area (Å²) >= 11 is 0. The van der Waals surface area contributed by atoms with E-state index in [1.54, 1.807) is 0 Å². The van der Waals surface area contributed by atoms with E-state index in [1.807, 2.05) is 0 Å². The Kier molecular flexibility index (Phi) is 4.39. The van der Waals surface area contributed by atoms with Crippen LogP contribution in [0.1, 0.15) is 36.5 Å². The average Bonchev–Trinajstić information content (AvgIpc) is 2.62. The number of aryl methyl sites for hydroxylation is 1. The van der Waals surface area contributed by atoms with E-state index in [2.05, 4.69) is 92.7 Å². The van der Waals surface area contributed by atoms with Crippen molar-refractivity contribution < 1.29 is 0 Å². The molecule has 3 aromatic rings. The van der Waals surface area contributed by atoms with Crippen molar-refractivity contribution >= 4 is 0 Å². The van der Waals surface area contributed by atoms with E-state index in [4.69, 9.17) is 0 Å². The lowest BCUT2D eigenvalue weighted by molar-refractivity contribution is 0.924. The van der Waals surface area contributed by atoms with Crippen LogP contribution in [-0.2, 0) is 6.42 Å². The molecule has 0 aliphatic rings. The summed E-state index contributed by atoms with van der Waals surface area (Å²) in [5.41, 5.74) is 6.90. The molecule has 0 aliphatic carbocycles. The van der Waals surface area contributed by atoms with Gasteiger partial charge < -0.3 is 0 Å². The van der Waals surface area contributed by atoms with E-state index in [0.717, 1.165) is 6.42 Å². The molecular weight excluding hydrogens is 264 g/mol. The molecule has 0 amide bonds. The first kappa shape index (κ1) is 14.6. The van der Waals surface area contributed by atoms with Crippen LogP contribution in [0.2, 0.25) is 0 Å². The van der Waals surface area contributed by atoms with Crippen molar-refractivity contribution in [1.82, 2.24) is 0 Å². The Bertz CT molecular complexity index is 741. The van der Waals surface area contributed by atoms with E-state index in [9.17, 15) is 0 Å². The van der Waals surface area contributed by atoms with Crippen LogP contribution in [0.15, 0.2) is 78.9 Å². The lowest BCUT2D eigenvalue weighted by atomic mass is 9.85. The molecule has 1 unspecified atom stereocenters. The summed E-state index contributed by atoms with van der Waals surface area (Å²) in [6.07, 6.45) is 1.06. The van der Waals surface area contributed by atoms with Crippen LogP contribution >= 0.6 is 0 Å². The van der Waals surface area contributed by atoms with Crippen LogP contribution in [0.5, 0.6) is 0 Å². The van der Waals surface area contributed by atoms with Crippen LogP contribution in [0.25, 0.3) is 11.1 Å². The van der Waals surface area contributed by atoms with Gasteiger partial charge in [-0.1, -0.05) is 92.7 Å². The minimum Gasteiger partial charge on any atom is -0.0622 e. The molecule has 0 spiro atoms. The number of benzene rings is 3. The van der Waals surface area contributed by atoms with Gasteiger partial charge in [0.15, 0.2) is 0 Å². The Labute approximate surface area is 133 Å². The zero-order valence-electron chi connectivity index (χ0n) is 13.3. The molecule has 0 N–H and O–H groups in total. The Balaban J connectivity index is 2.11. The highest BCUT2D eigenvalue weighted by molar-refractivity contribution is 5.72. The van der Waals surface area contributed by atoms with Gasteiger partial charge >= 0.3 is 0 Å². The van der Waals surface area contributed by atoms with Crippen molar-refractivity contribution in [1.29, 1.82) is 0 Å². The van der Waals surface area contributed by atoms with E-state index in [-0.39, 0.29) is 0 Å². The van der Waals surface area contributed by atoms with E-state index in [1.165, 1.54) is 27.8 Å². The number of hydrogen-bond donors (Lipinski definition) is 0. The van der Waals surface area contributed by atoms with Crippen LogP contribution in [0.3, 0.4) is 0 Å². The second-order valence-electron chi connectivity index (χ2n) is 5.73. The van der Waals surface area contributed by atoms with Crippen molar-refractivity contribution in [3.05, 3.63) is 95.6 Å². The third-order valence-corrected chi connectivity index (χ3v) is 4.42. The lowest BCUT2D eigenvalue weighted by Crippen LogP contribution is -1.99. The molecule has 0 fully saturated rings. The molecule has 3 aromatic carbocycles. The highest BCUT2D eigenvalue weighted by Crippen LogP contribution is 2.34. The monoisotopic (exact) mass is 286 g/mol. The van der Waals surface area contributed by atoms with Crippen molar-refractivity contribution in [3.63, 3.8) is 0 Å². The first-order valence-electron chi connectivity index (χ1n) is 8.03. The lowest BCUT2D eigenvalue weighted by Gasteiger charge is -2.19. The summed E-state index contributed by atoms with van der Waals surface area (Å²) in [6, 6.07) is 28.3. The topological polar surface area (TPSA) is 0 Å². The van der Waals surface area contributed by atoms with Gasteiger partial charge in [-0.05, 0) is 34.2 Å². The van der Waals surface area contributed by atoms with Crippen LogP contribution < -0.4 is 0 Å². The van der Waals surface area contributed by atoms with Gasteiger partial charge in [0.25, 0.3) is 0 Å². The van der Waals surface area contributed by atoms with Gasteiger partial charge in [-0.25, -0.2) is 0 Å². The van der Waals surface area contributed by atoms with Gasteiger partial charge in [-0.15, -0.1) is 0 Å². The van der Waals surface area contributed by atoms with Gasteiger partial charge in [-0.2, -0.15) is 0 Å². The fourth-order valence-electron chi connectivity index (χ4n) is 3.13. The van der Waals surface area contributed by atoms with Gasteiger partial charge in [0.2, 0.25) is 0 Å². The second-order valence-corrected chi connectivity index (χ2v) is 5.73. The molecule has 0 radical (unpaired) electrons. The van der Waals surface area contributed by atoms with Crippen molar-refractivity contribution in [2.45, 2.75) is 26.2 Å². The van der Waals surface area contributed by atoms with E-state index >= 15 is 0 Å². The van der Waals surface area contributed by atoms with Crippen molar-refractivity contribution in [2.24, 2.45) is 0 Å². The van der Waals surface area contributed by atoms with Gasteiger partial charge in [0, 0.05) is 5.92 Å². The van der Waals surface area contributed by atoms with Crippen LogP contribution in [-0.4, -0.2) is 0 Å². The van der Waals surface area contributed by atoms with Gasteiger partial charge in [0.1, 0.15) is 0 Å². The standard InChI is InChI=1S/C22H22/c1-3-18-11-7-8-15-21(18)22-16-10-9-14-20(22)17(2)19-12-5-4-6-13-19/h4-17H,3H2,1-2H3. The highest BCUT2D eigenvalue weighted by atomic mass is 14.2. The summed E-state index contributed by atoms with van der Waals surface area (Å²) in [4.78, 5) is 0. The summed E-state index contributed by atoms with van der Waals surface area (Å²) in [5, 5.41) is 0. The Hall–Kier alpha value is -2.34. The first-order valence-corrected chi connectivity index (χ1v) is 8.03. The number of hydrogen-bond acceptors (Lipinski definition) is 0. The Morgan fingerprint density at radius 3 is 2.00 bits per heavy atom. The normalized spacial score (nSPS) is 12.1. The smallest absolute Gasteiger partial charge is 0.00671 e. The maximum absolute atomic E-state index is 2.29. The molecule has 0 bridgehead atoms. The largest absolute Gasteiger partial charge is 0.0622 e. The third-order valence-electron chi connectivity index (χ3n) is 4.42. The summed E-state index contributed by atoms with van der Waals surface area (Å²) in [6.45, 7) is 4.52. The maximum atomic E-state index is 2.29. The third kappa shape index (κ3) is 2.82. The van der Waals surface area contributed by atoms with Gasteiger partial charge in [-0.3, -0.25) is 0 Å². The zero-order valence-corrected chi connectivity index (χ0v) is 13.3. The first-order chi connectivity index (χ1) is 10.8. The van der Waals surface area contributed by atoms with Gasteiger partial charge in [0.05, 0.1) is 0 Å². The maximum Gasteiger partial charge on any atom is 0.00671 e. The molecule has 22 heavy (non-hydrogen) atoms. The summed E-state index contributed by atoms with van der Waals surface area (Å²) in [5.74, 6) is 0.391. The zero-order chi connectivity index (χ0) is 15.4. The fraction of sp³-hybridized carbons (Fsp3) is 0.182. The second kappa shape index (κ2) is 6.62. The van der Waals surface area contributed by atoms with Crippen LogP contribution in [0, 0.1) is 0 Å². The molecule has 0 aromatic heterocycles. The summed E-state index contributed by atoms with van der Waals surface area (Å²) < 4.78 is 0. The van der Waals surface area contributed by atoms with Crippen molar-refractivity contribution in [3.8, 4) is 11.1 Å². The predicted molar refractivity (Wildman–Crippen MR) is 95.2 cm³/mol. The molecule has 0 heterocycles. The quantitative estimate of drug-likeness (QED) is 0.546. The highest BCUT2D eigenvalue weighted by Gasteiger charge is 2.14. The molecule has 0 aliphatic heterocycles.